The Kier molecular flexibility index (Phi) is 3.63. The molecular weight excluding hydrogens is 298 g/mol. The third-order valence-corrected chi connectivity index (χ3v) is 4.12. The Labute approximate surface area is 126 Å². The number of nitrogens with one attached hydrogen (secondary N) is 1. The molecule has 3 rings (SSSR count). The van der Waals surface area contributed by atoms with E-state index < -0.39 is 11.9 Å². The van der Waals surface area contributed by atoms with E-state index in [1.54, 1.807) is 6.07 Å². The fourth-order valence-corrected chi connectivity index (χ4v) is 3.04. The van der Waals surface area contributed by atoms with Crippen LogP contribution in [0, 0.1) is 5.92 Å². The van der Waals surface area contributed by atoms with Crippen molar-refractivity contribution < 1.29 is 24.2 Å². The molecule has 1 amide bonds. The Bertz CT molecular complexity index is 603. The lowest BCUT2D eigenvalue weighted by atomic mass is 10.0. The third-order valence-electron chi connectivity index (χ3n) is 3.84. The van der Waals surface area contributed by atoms with Gasteiger partial charge in [-0.2, -0.15) is 0 Å². The molecule has 1 aliphatic carbocycles. The summed E-state index contributed by atoms with van der Waals surface area (Å²) in [6.07, 6.45) is 2.05. The molecule has 2 aliphatic rings. The van der Waals surface area contributed by atoms with E-state index in [1.165, 1.54) is 6.07 Å². The molecule has 0 aromatic heterocycles. The van der Waals surface area contributed by atoms with Crippen LogP contribution in [-0.4, -0.2) is 29.8 Å². The number of hydrogen-bond acceptors (Lipinski definition) is 4. The van der Waals surface area contributed by atoms with Gasteiger partial charge in [0.05, 0.1) is 10.9 Å². The molecule has 1 fully saturated rings. The minimum Gasteiger partial charge on any atom is -0.481 e. The maximum absolute atomic E-state index is 12.3. The molecule has 2 N–H and O–H groups in total. The number of rotatable bonds is 3. The van der Waals surface area contributed by atoms with Gasteiger partial charge in [-0.15, -0.1) is 0 Å². The number of carbonyl (C=O) groups is 2. The first kappa shape index (κ1) is 14.0. The van der Waals surface area contributed by atoms with Crippen molar-refractivity contribution in [3.8, 4) is 11.5 Å². The molecule has 0 saturated heterocycles. The summed E-state index contributed by atoms with van der Waals surface area (Å²) < 4.78 is 10.4. The zero-order chi connectivity index (χ0) is 15.0. The molecule has 6 nitrogen and oxygen atoms in total. The topological polar surface area (TPSA) is 84.9 Å². The number of carboxylic acid groups (broad SMARTS) is 1. The first-order chi connectivity index (χ1) is 10.1. The largest absolute Gasteiger partial charge is 0.481 e. The summed E-state index contributed by atoms with van der Waals surface area (Å²) in [5.74, 6) is -0.903. The third kappa shape index (κ3) is 2.63. The Morgan fingerprint density at radius 2 is 2.10 bits per heavy atom. The second-order valence-corrected chi connectivity index (χ2v) is 5.55. The highest BCUT2D eigenvalue weighted by atomic mass is 35.5. The predicted molar refractivity (Wildman–Crippen MR) is 73.8 cm³/mol. The summed E-state index contributed by atoms with van der Waals surface area (Å²) in [6.45, 7) is 0.0733. The molecule has 7 heteroatoms. The molecule has 0 bridgehead atoms. The Morgan fingerprint density at radius 1 is 1.29 bits per heavy atom. The Balaban J connectivity index is 1.77. The van der Waals surface area contributed by atoms with Gasteiger partial charge in [-0.25, -0.2) is 0 Å². The van der Waals surface area contributed by atoms with E-state index in [-0.39, 0.29) is 18.7 Å². The van der Waals surface area contributed by atoms with Crippen LogP contribution in [0.25, 0.3) is 0 Å². The van der Waals surface area contributed by atoms with Crippen LogP contribution in [0.3, 0.4) is 0 Å². The lowest BCUT2D eigenvalue weighted by molar-refractivity contribution is -0.142. The second-order valence-electron chi connectivity index (χ2n) is 5.15. The summed E-state index contributed by atoms with van der Waals surface area (Å²) >= 11 is 6.04. The number of halogens is 1. The number of carboxylic acids is 1. The number of fused-ring (bicyclic) bond motifs is 1. The smallest absolute Gasteiger partial charge is 0.308 e. The molecule has 112 valence electrons. The van der Waals surface area contributed by atoms with Crippen LogP contribution in [0.2, 0.25) is 5.02 Å². The molecule has 2 unspecified atom stereocenters. The van der Waals surface area contributed by atoms with E-state index in [0.29, 0.717) is 34.9 Å². The van der Waals surface area contributed by atoms with Crippen molar-refractivity contribution in [2.75, 3.05) is 6.79 Å². The molecule has 2 atom stereocenters. The van der Waals surface area contributed by atoms with E-state index in [4.69, 9.17) is 26.2 Å². The molecule has 0 radical (unpaired) electrons. The van der Waals surface area contributed by atoms with E-state index in [9.17, 15) is 9.59 Å². The minimum absolute atomic E-state index is 0.0733. The molecule has 0 spiro atoms. The minimum atomic E-state index is -0.874. The lowest BCUT2D eigenvalue weighted by Gasteiger charge is -2.17. The van der Waals surface area contributed by atoms with Crippen LogP contribution in [0.4, 0.5) is 0 Å². The standard InChI is InChI=1S/C14H14ClNO5/c15-9-4-7(5-11-12(9)21-6-20-11)13(17)16-10-3-1-2-8(10)14(18)19/h4-5,8,10H,1-3,6H2,(H,16,17)(H,18,19). The maximum atomic E-state index is 12.3. The van der Waals surface area contributed by atoms with Crippen LogP contribution >= 0.6 is 11.6 Å². The van der Waals surface area contributed by atoms with Crippen LogP contribution in [0.15, 0.2) is 12.1 Å². The summed E-state index contributed by atoms with van der Waals surface area (Å²) in [4.78, 5) is 23.4. The molecule has 1 heterocycles. The van der Waals surface area contributed by atoms with Crippen molar-refractivity contribution in [2.45, 2.75) is 25.3 Å². The fraction of sp³-hybridized carbons (Fsp3) is 0.429. The van der Waals surface area contributed by atoms with Crippen molar-refractivity contribution in [2.24, 2.45) is 5.92 Å². The summed E-state index contributed by atoms with van der Waals surface area (Å²) in [7, 11) is 0. The SMILES string of the molecule is O=C(NC1CCCC1C(=O)O)c1cc(Cl)c2c(c1)OCO2. The van der Waals surface area contributed by atoms with Crippen molar-refractivity contribution in [3.05, 3.63) is 22.7 Å². The number of hydrogen-bond donors (Lipinski definition) is 2. The average molecular weight is 312 g/mol. The number of carbonyl (C=O) groups excluding carboxylic acids is 1. The first-order valence-electron chi connectivity index (χ1n) is 6.69. The molecule has 1 saturated carbocycles. The lowest BCUT2D eigenvalue weighted by Crippen LogP contribution is -2.40. The second kappa shape index (κ2) is 5.44. The summed E-state index contributed by atoms with van der Waals surface area (Å²) in [6, 6.07) is 2.70. The molecule has 21 heavy (non-hydrogen) atoms. The van der Waals surface area contributed by atoms with Crippen molar-refractivity contribution in [1.82, 2.24) is 5.32 Å². The van der Waals surface area contributed by atoms with Gasteiger partial charge in [0.15, 0.2) is 11.5 Å². The van der Waals surface area contributed by atoms with Gasteiger partial charge in [0, 0.05) is 11.6 Å². The highest BCUT2D eigenvalue weighted by Crippen LogP contribution is 2.39. The van der Waals surface area contributed by atoms with Crippen LogP contribution in [-0.2, 0) is 4.79 Å². The number of benzene rings is 1. The fourth-order valence-electron chi connectivity index (χ4n) is 2.78. The highest BCUT2D eigenvalue weighted by Gasteiger charge is 2.34. The van der Waals surface area contributed by atoms with E-state index in [0.717, 1.165) is 6.42 Å². The Morgan fingerprint density at radius 3 is 2.86 bits per heavy atom. The maximum Gasteiger partial charge on any atom is 0.308 e. The van der Waals surface area contributed by atoms with E-state index in [2.05, 4.69) is 5.32 Å². The monoisotopic (exact) mass is 311 g/mol. The Hall–Kier alpha value is -1.95. The van der Waals surface area contributed by atoms with Gasteiger partial charge in [0.1, 0.15) is 0 Å². The van der Waals surface area contributed by atoms with Gasteiger partial charge in [0.2, 0.25) is 6.79 Å². The van der Waals surface area contributed by atoms with Gasteiger partial charge < -0.3 is 19.9 Å². The normalized spacial score (nSPS) is 23.1. The number of amides is 1. The summed E-state index contributed by atoms with van der Waals surface area (Å²) in [5, 5.41) is 12.2. The van der Waals surface area contributed by atoms with Crippen molar-refractivity contribution in [1.29, 1.82) is 0 Å². The van der Waals surface area contributed by atoms with Gasteiger partial charge in [0.25, 0.3) is 5.91 Å². The van der Waals surface area contributed by atoms with Crippen molar-refractivity contribution in [3.63, 3.8) is 0 Å². The van der Waals surface area contributed by atoms with Gasteiger partial charge >= 0.3 is 5.97 Å². The average Bonchev–Trinajstić information content (AvgIpc) is 3.06. The highest BCUT2D eigenvalue weighted by molar-refractivity contribution is 6.32. The van der Waals surface area contributed by atoms with Crippen LogP contribution < -0.4 is 14.8 Å². The van der Waals surface area contributed by atoms with Crippen LogP contribution in [0.1, 0.15) is 29.6 Å². The van der Waals surface area contributed by atoms with Gasteiger partial charge in [-0.05, 0) is 25.0 Å². The van der Waals surface area contributed by atoms with E-state index in [1.807, 2.05) is 0 Å². The van der Waals surface area contributed by atoms with Crippen molar-refractivity contribution >= 4 is 23.5 Å². The zero-order valence-electron chi connectivity index (χ0n) is 11.1. The molecular formula is C14H14ClNO5. The first-order valence-corrected chi connectivity index (χ1v) is 7.07. The molecule has 1 aliphatic heterocycles. The predicted octanol–water partition coefficient (Wildman–Crippen LogP) is 2.05. The quantitative estimate of drug-likeness (QED) is 0.892. The summed E-state index contributed by atoms with van der Waals surface area (Å²) in [5.41, 5.74) is 0.334. The van der Waals surface area contributed by atoms with Gasteiger partial charge in [-0.3, -0.25) is 9.59 Å². The van der Waals surface area contributed by atoms with Gasteiger partial charge in [-0.1, -0.05) is 18.0 Å². The zero-order valence-corrected chi connectivity index (χ0v) is 11.9. The van der Waals surface area contributed by atoms with Crippen LogP contribution in [0.5, 0.6) is 11.5 Å². The van der Waals surface area contributed by atoms with E-state index >= 15 is 0 Å². The molecule has 1 aromatic carbocycles. The number of aliphatic carboxylic acids is 1. The molecule has 1 aromatic rings. The number of ether oxygens (including phenoxy) is 2.